The first-order valence-electron chi connectivity index (χ1n) is 7.19. The van der Waals surface area contributed by atoms with Gasteiger partial charge in [0.25, 0.3) is 0 Å². The zero-order valence-electron chi connectivity index (χ0n) is 12.7. The predicted octanol–water partition coefficient (Wildman–Crippen LogP) is 4.98. The summed E-state index contributed by atoms with van der Waals surface area (Å²) in [5, 5.41) is 0. The van der Waals surface area contributed by atoms with Gasteiger partial charge in [0.15, 0.2) is 0 Å². The molecule has 0 saturated heterocycles. The molecule has 0 bridgehead atoms. The van der Waals surface area contributed by atoms with E-state index in [1.165, 1.54) is 18.2 Å². The van der Waals surface area contributed by atoms with E-state index >= 15 is 0 Å². The third-order valence-corrected chi connectivity index (χ3v) is 3.08. The number of rotatable bonds is 5. The second-order valence-electron chi connectivity index (χ2n) is 4.90. The first-order chi connectivity index (χ1) is 11.4. The van der Waals surface area contributed by atoms with E-state index in [1.54, 1.807) is 18.2 Å². The number of benzene rings is 2. The number of carbonyl (C=O) groups excluding carboxylic acids is 1. The Hall–Kier alpha value is -2.82. The summed E-state index contributed by atoms with van der Waals surface area (Å²) >= 11 is 0. The Morgan fingerprint density at radius 3 is 2.17 bits per heavy atom. The molecule has 124 valence electrons. The molecular weight excluding hydrogens is 317 g/mol. The molecule has 0 aliphatic heterocycles. The molecule has 2 rings (SSSR count). The number of carbonyl (C=O) groups is 1. The van der Waals surface area contributed by atoms with E-state index in [4.69, 9.17) is 4.74 Å². The van der Waals surface area contributed by atoms with Crippen molar-refractivity contribution < 1.29 is 22.7 Å². The molecule has 2 aromatic rings. The van der Waals surface area contributed by atoms with Gasteiger partial charge in [-0.05, 0) is 35.4 Å². The number of hydrogen-bond donors (Lipinski definition) is 0. The van der Waals surface area contributed by atoms with Crippen molar-refractivity contribution in [1.29, 1.82) is 0 Å². The van der Waals surface area contributed by atoms with Crippen LogP contribution in [0.25, 0.3) is 12.2 Å². The standard InChI is InChI=1S/C19H15F3O2/c20-19(21,22)17-11-8-16(9-12-17)7-4-14-24-18(23)13-10-15-5-2-1-3-6-15/h1-13H,14H2/b7-4+,13-10+. The van der Waals surface area contributed by atoms with Crippen LogP contribution >= 0.6 is 0 Å². The zero-order chi connectivity index (χ0) is 17.4. The van der Waals surface area contributed by atoms with Gasteiger partial charge in [-0.25, -0.2) is 4.79 Å². The topological polar surface area (TPSA) is 26.3 Å². The largest absolute Gasteiger partial charge is 0.458 e. The lowest BCUT2D eigenvalue weighted by Gasteiger charge is -2.05. The van der Waals surface area contributed by atoms with Gasteiger partial charge in [-0.3, -0.25) is 0 Å². The minimum atomic E-state index is -4.34. The third-order valence-electron chi connectivity index (χ3n) is 3.08. The van der Waals surface area contributed by atoms with Gasteiger partial charge in [-0.1, -0.05) is 48.5 Å². The summed E-state index contributed by atoms with van der Waals surface area (Å²) in [5.74, 6) is -0.490. The molecule has 0 radical (unpaired) electrons. The Morgan fingerprint density at radius 2 is 1.54 bits per heavy atom. The van der Waals surface area contributed by atoms with Crippen molar-refractivity contribution in [3.63, 3.8) is 0 Å². The molecule has 0 saturated carbocycles. The monoisotopic (exact) mass is 332 g/mol. The van der Waals surface area contributed by atoms with E-state index < -0.39 is 17.7 Å². The molecule has 0 N–H and O–H groups in total. The Kier molecular flexibility index (Phi) is 5.95. The van der Waals surface area contributed by atoms with Crippen molar-refractivity contribution in [3.8, 4) is 0 Å². The van der Waals surface area contributed by atoms with E-state index in [0.717, 1.165) is 17.7 Å². The van der Waals surface area contributed by atoms with Crippen LogP contribution in [-0.4, -0.2) is 12.6 Å². The van der Waals surface area contributed by atoms with Crippen LogP contribution < -0.4 is 0 Å². The van der Waals surface area contributed by atoms with Gasteiger partial charge in [0, 0.05) is 6.08 Å². The first-order valence-corrected chi connectivity index (χ1v) is 7.19. The van der Waals surface area contributed by atoms with Crippen molar-refractivity contribution in [2.24, 2.45) is 0 Å². The van der Waals surface area contributed by atoms with Gasteiger partial charge < -0.3 is 4.74 Å². The van der Waals surface area contributed by atoms with Crippen LogP contribution in [0, 0.1) is 0 Å². The van der Waals surface area contributed by atoms with Gasteiger partial charge in [0.1, 0.15) is 6.61 Å². The molecule has 2 aromatic carbocycles. The Labute approximate surface area is 137 Å². The van der Waals surface area contributed by atoms with Crippen LogP contribution in [0.1, 0.15) is 16.7 Å². The summed E-state index contributed by atoms with van der Waals surface area (Å²) in [7, 11) is 0. The van der Waals surface area contributed by atoms with E-state index in [1.807, 2.05) is 30.3 Å². The number of ether oxygens (including phenoxy) is 1. The first kappa shape index (κ1) is 17.5. The van der Waals surface area contributed by atoms with E-state index in [0.29, 0.717) is 5.56 Å². The number of hydrogen-bond acceptors (Lipinski definition) is 2. The third kappa shape index (κ3) is 5.76. The highest BCUT2D eigenvalue weighted by molar-refractivity contribution is 5.87. The fourth-order valence-electron chi connectivity index (χ4n) is 1.87. The molecule has 0 amide bonds. The number of esters is 1. The van der Waals surface area contributed by atoms with Gasteiger partial charge in [0.2, 0.25) is 0 Å². The highest BCUT2D eigenvalue weighted by Gasteiger charge is 2.29. The average molecular weight is 332 g/mol. The molecule has 0 aromatic heterocycles. The normalized spacial score (nSPS) is 12.0. The van der Waals surface area contributed by atoms with Crippen LogP contribution in [0.2, 0.25) is 0 Å². The van der Waals surface area contributed by atoms with E-state index in [9.17, 15) is 18.0 Å². The van der Waals surface area contributed by atoms with Gasteiger partial charge in [-0.2, -0.15) is 13.2 Å². The van der Waals surface area contributed by atoms with Crippen LogP contribution in [0.15, 0.2) is 66.7 Å². The highest BCUT2D eigenvalue weighted by Crippen LogP contribution is 2.29. The van der Waals surface area contributed by atoms with Crippen LogP contribution in [-0.2, 0) is 15.7 Å². The van der Waals surface area contributed by atoms with Crippen molar-refractivity contribution in [1.82, 2.24) is 0 Å². The zero-order valence-corrected chi connectivity index (χ0v) is 12.7. The molecule has 5 heteroatoms. The van der Waals surface area contributed by atoms with Crippen LogP contribution in [0.5, 0.6) is 0 Å². The molecular formula is C19H15F3O2. The van der Waals surface area contributed by atoms with Gasteiger partial charge >= 0.3 is 12.1 Å². The Morgan fingerprint density at radius 1 is 0.917 bits per heavy atom. The van der Waals surface area contributed by atoms with Gasteiger partial charge in [0.05, 0.1) is 5.56 Å². The fraction of sp³-hybridized carbons (Fsp3) is 0.105. The van der Waals surface area contributed by atoms with Crippen molar-refractivity contribution >= 4 is 18.1 Å². The van der Waals surface area contributed by atoms with E-state index in [-0.39, 0.29) is 6.61 Å². The molecule has 0 spiro atoms. The van der Waals surface area contributed by atoms with E-state index in [2.05, 4.69) is 0 Å². The summed E-state index contributed by atoms with van der Waals surface area (Å²) in [6.45, 7) is 0.0407. The van der Waals surface area contributed by atoms with Crippen LogP contribution in [0.3, 0.4) is 0 Å². The Bertz CT molecular complexity index is 715. The van der Waals surface area contributed by atoms with Crippen molar-refractivity contribution in [2.45, 2.75) is 6.18 Å². The SMILES string of the molecule is O=C(/C=C/c1ccccc1)OC/C=C/c1ccc(C(F)(F)F)cc1. The summed E-state index contributed by atoms with van der Waals surface area (Å²) in [6, 6.07) is 14.0. The molecule has 0 fully saturated rings. The maximum Gasteiger partial charge on any atom is 0.416 e. The molecule has 0 heterocycles. The maximum absolute atomic E-state index is 12.4. The molecule has 2 nitrogen and oxygen atoms in total. The molecule has 0 atom stereocenters. The Balaban J connectivity index is 1.80. The molecule has 0 aliphatic carbocycles. The maximum atomic E-state index is 12.4. The smallest absolute Gasteiger partial charge is 0.416 e. The summed E-state index contributed by atoms with van der Waals surface area (Å²) in [4.78, 5) is 11.5. The summed E-state index contributed by atoms with van der Waals surface area (Å²) < 4.78 is 42.3. The molecule has 0 unspecified atom stereocenters. The number of halogens is 3. The predicted molar refractivity (Wildman–Crippen MR) is 86.9 cm³/mol. The minimum absolute atomic E-state index is 0.0407. The second-order valence-corrected chi connectivity index (χ2v) is 4.90. The quantitative estimate of drug-likeness (QED) is 0.570. The van der Waals surface area contributed by atoms with Crippen molar-refractivity contribution in [2.75, 3.05) is 6.61 Å². The minimum Gasteiger partial charge on any atom is -0.458 e. The lowest BCUT2D eigenvalue weighted by atomic mass is 10.1. The lowest BCUT2D eigenvalue weighted by Crippen LogP contribution is -2.04. The lowest BCUT2D eigenvalue weighted by molar-refractivity contribution is -0.138. The second kappa shape index (κ2) is 8.15. The van der Waals surface area contributed by atoms with Gasteiger partial charge in [-0.15, -0.1) is 0 Å². The van der Waals surface area contributed by atoms with Crippen LogP contribution in [0.4, 0.5) is 13.2 Å². The molecule has 24 heavy (non-hydrogen) atoms. The molecule has 0 aliphatic rings. The fourth-order valence-corrected chi connectivity index (χ4v) is 1.87. The number of alkyl halides is 3. The summed E-state index contributed by atoms with van der Waals surface area (Å²) in [6.07, 6.45) is 1.78. The van der Waals surface area contributed by atoms with Crippen molar-refractivity contribution in [3.05, 3.63) is 83.4 Å². The average Bonchev–Trinajstić information content (AvgIpc) is 2.57. The highest BCUT2D eigenvalue weighted by atomic mass is 19.4. The summed E-state index contributed by atoms with van der Waals surface area (Å²) in [5.41, 5.74) is 0.783.